The molecule has 10 heteroatoms. The van der Waals surface area contributed by atoms with E-state index in [4.69, 9.17) is 9.47 Å². The zero-order valence-electron chi connectivity index (χ0n) is 18.8. The Labute approximate surface area is 203 Å². The predicted octanol–water partition coefficient (Wildman–Crippen LogP) is 5.64. The predicted molar refractivity (Wildman–Crippen MR) is 126 cm³/mol. The fraction of sp³-hybridized carbons (Fsp3) is 0.115. The van der Waals surface area contributed by atoms with Crippen molar-refractivity contribution in [3.8, 4) is 22.8 Å². The molecule has 7 nitrogen and oxygen atoms in total. The molecule has 2 N–H and O–H groups in total. The second-order valence-corrected chi connectivity index (χ2v) is 7.65. The van der Waals surface area contributed by atoms with E-state index in [1.807, 2.05) is 0 Å². The van der Waals surface area contributed by atoms with Crippen LogP contribution in [0.2, 0.25) is 0 Å². The summed E-state index contributed by atoms with van der Waals surface area (Å²) in [6.07, 6.45) is -4.47. The summed E-state index contributed by atoms with van der Waals surface area (Å²) in [5, 5.41) is 12.6. The van der Waals surface area contributed by atoms with E-state index in [1.165, 1.54) is 13.2 Å². The first-order valence-corrected chi connectivity index (χ1v) is 10.6. The number of methoxy groups -OCH3 is 1. The van der Waals surface area contributed by atoms with Gasteiger partial charge in [-0.05, 0) is 54.6 Å². The van der Waals surface area contributed by atoms with Crippen LogP contribution >= 0.6 is 0 Å². The number of aromatic carboxylic acids is 1. The van der Waals surface area contributed by atoms with E-state index in [-0.39, 0.29) is 22.7 Å². The number of carbonyl (C=O) groups is 2. The van der Waals surface area contributed by atoms with Gasteiger partial charge in [-0.1, -0.05) is 18.2 Å². The quantitative estimate of drug-likeness (QED) is 0.344. The van der Waals surface area contributed by atoms with E-state index in [0.29, 0.717) is 22.2 Å². The molecule has 0 aliphatic carbocycles. The van der Waals surface area contributed by atoms with Crippen LogP contribution in [0.4, 0.5) is 18.9 Å². The number of hydrogen-bond acceptors (Lipinski definition) is 5. The van der Waals surface area contributed by atoms with Crippen LogP contribution in [-0.4, -0.2) is 35.7 Å². The summed E-state index contributed by atoms with van der Waals surface area (Å²) in [6.45, 7) is -0.423. The van der Waals surface area contributed by atoms with Gasteiger partial charge in [0.1, 0.15) is 0 Å². The molecule has 0 spiro atoms. The number of aromatic nitrogens is 1. The van der Waals surface area contributed by atoms with Gasteiger partial charge in [-0.15, -0.1) is 0 Å². The molecule has 184 valence electrons. The normalized spacial score (nSPS) is 11.2. The SMILES string of the molecule is COc1cc(-c2cc(C(=O)O)c3ccccc3n2)ccc1OCC(=O)Nc1ccc(C(F)(F)F)cc1. The van der Waals surface area contributed by atoms with E-state index in [1.54, 1.807) is 42.5 Å². The van der Waals surface area contributed by atoms with Gasteiger partial charge in [0.2, 0.25) is 0 Å². The fourth-order valence-electron chi connectivity index (χ4n) is 3.53. The van der Waals surface area contributed by atoms with Crippen molar-refractivity contribution in [1.29, 1.82) is 0 Å². The summed E-state index contributed by atoms with van der Waals surface area (Å²) in [5.41, 5.74) is 0.979. The van der Waals surface area contributed by atoms with Crippen LogP contribution in [0.25, 0.3) is 22.2 Å². The lowest BCUT2D eigenvalue weighted by molar-refractivity contribution is -0.137. The van der Waals surface area contributed by atoms with Gasteiger partial charge in [0, 0.05) is 16.6 Å². The van der Waals surface area contributed by atoms with Crippen molar-refractivity contribution in [2.45, 2.75) is 6.18 Å². The number of benzene rings is 3. The minimum atomic E-state index is -4.47. The highest BCUT2D eigenvalue weighted by Gasteiger charge is 2.30. The lowest BCUT2D eigenvalue weighted by Crippen LogP contribution is -2.20. The number of carboxylic acids is 1. The molecule has 0 bridgehead atoms. The van der Waals surface area contributed by atoms with Crippen LogP contribution in [0.15, 0.2) is 72.8 Å². The molecule has 1 amide bonds. The van der Waals surface area contributed by atoms with Gasteiger partial charge in [0.05, 0.1) is 29.4 Å². The van der Waals surface area contributed by atoms with Crippen LogP contribution in [0, 0.1) is 0 Å². The van der Waals surface area contributed by atoms with Gasteiger partial charge in [0.25, 0.3) is 5.91 Å². The first kappa shape index (κ1) is 24.5. The van der Waals surface area contributed by atoms with Crippen LogP contribution in [0.1, 0.15) is 15.9 Å². The summed E-state index contributed by atoms with van der Waals surface area (Å²) >= 11 is 0. The molecule has 36 heavy (non-hydrogen) atoms. The largest absolute Gasteiger partial charge is 0.493 e. The maximum absolute atomic E-state index is 12.7. The van der Waals surface area contributed by atoms with Crippen molar-refractivity contribution >= 4 is 28.5 Å². The number of fused-ring (bicyclic) bond motifs is 1. The van der Waals surface area contributed by atoms with Crippen molar-refractivity contribution in [1.82, 2.24) is 4.98 Å². The highest BCUT2D eigenvalue weighted by Crippen LogP contribution is 2.34. The molecular formula is C26H19F3N2O5. The van der Waals surface area contributed by atoms with E-state index in [9.17, 15) is 27.9 Å². The fourth-order valence-corrected chi connectivity index (χ4v) is 3.53. The molecule has 4 rings (SSSR count). The topological polar surface area (TPSA) is 97.8 Å². The van der Waals surface area contributed by atoms with E-state index in [0.717, 1.165) is 24.3 Å². The number of nitrogens with one attached hydrogen (secondary N) is 1. The Balaban J connectivity index is 1.50. The van der Waals surface area contributed by atoms with Crippen molar-refractivity contribution in [2.24, 2.45) is 0 Å². The van der Waals surface area contributed by atoms with Crippen molar-refractivity contribution in [3.63, 3.8) is 0 Å². The van der Waals surface area contributed by atoms with Crippen LogP contribution in [-0.2, 0) is 11.0 Å². The molecule has 0 unspecified atom stereocenters. The number of amides is 1. The molecule has 3 aromatic carbocycles. The monoisotopic (exact) mass is 496 g/mol. The third-order valence-electron chi connectivity index (χ3n) is 5.26. The molecular weight excluding hydrogens is 477 g/mol. The minimum absolute atomic E-state index is 0.106. The van der Waals surface area contributed by atoms with E-state index >= 15 is 0 Å². The minimum Gasteiger partial charge on any atom is -0.493 e. The van der Waals surface area contributed by atoms with Crippen LogP contribution in [0.3, 0.4) is 0 Å². The number of halogens is 3. The van der Waals surface area contributed by atoms with E-state index in [2.05, 4.69) is 10.3 Å². The second kappa shape index (κ2) is 9.95. The van der Waals surface area contributed by atoms with Crippen molar-refractivity contribution in [2.75, 3.05) is 19.0 Å². The van der Waals surface area contributed by atoms with Gasteiger partial charge in [-0.2, -0.15) is 13.2 Å². The summed E-state index contributed by atoms with van der Waals surface area (Å²) in [6, 6.07) is 17.2. The molecule has 1 heterocycles. The second-order valence-electron chi connectivity index (χ2n) is 7.65. The number of nitrogens with zero attached hydrogens (tertiary/aromatic N) is 1. The zero-order chi connectivity index (χ0) is 25.9. The Morgan fingerprint density at radius 3 is 2.36 bits per heavy atom. The first-order valence-electron chi connectivity index (χ1n) is 10.6. The number of rotatable bonds is 7. The van der Waals surface area contributed by atoms with Gasteiger partial charge >= 0.3 is 12.1 Å². The summed E-state index contributed by atoms with van der Waals surface area (Å²) in [5.74, 6) is -1.14. The third kappa shape index (κ3) is 5.38. The van der Waals surface area contributed by atoms with Crippen molar-refractivity contribution in [3.05, 3.63) is 83.9 Å². The zero-order valence-corrected chi connectivity index (χ0v) is 18.8. The summed E-state index contributed by atoms with van der Waals surface area (Å²) < 4.78 is 48.9. The molecule has 0 saturated carbocycles. The molecule has 1 aromatic heterocycles. The number of carboxylic acid groups (broad SMARTS) is 1. The van der Waals surface area contributed by atoms with Gasteiger partial charge in [-0.25, -0.2) is 9.78 Å². The highest BCUT2D eigenvalue weighted by molar-refractivity contribution is 6.03. The molecule has 0 atom stereocenters. The number of hydrogen-bond donors (Lipinski definition) is 2. The maximum atomic E-state index is 12.7. The molecule has 0 aliphatic heterocycles. The molecule has 0 saturated heterocycles. The van der Waals surface area contributed by atoms with Gasteiger partial charge < -0.3 is 19.9 Å². The number of carbonyl (C=O) groups excluding carboxylic acids is 1. The van der Waals surface area contributed by atoms with Crippen LogP contribution < -0.4 is 14.8 Å². The Bertz CT molecular complexity index is 1440. The smallest absolute Gasteiger partial charge is 0.416 e. The van der Waals surface area contributed by atoms with Crippen LogP contribution in [0.5, 0.6) is 11.5 Å². The van der Waals surface area contributed by atoms with E-state index < -0.39 is 30.2 Å². The molecule has 0 aliphatic rings. The number of anilines is 1. The Morgan fingerprint density at radius 2 is 1.69 bits per heavy atom. The van der Waals surface area contributed by atoms with Gasteiger partial charge in [-0.3, -0.25) is 4.79 Å². The Morgan fingerprint density at radius 1 is 0.972 bits per heavy atom. The average molecular weight is 496 g/mol. The lowest BCUT2D eigenvalue weighted by Gasteiger charge is -2.13. The van der Waals surface area contributed by atoms with Crippen molar-refractivity contribution < 1.29 is 37.3 Å². The Hall–Kier alpha value is -4.60. The van der Waals surface area contributed by atoms with Gasteiger partial charge in [0.15, 0.2) is 18.1 Å². The lowest BCUT2D eigenvalue weighted by atomic mass is 10.0. The number of ether oxygens (including phenoxy) is 2. The highest BCUT2D eigenvalue weighted by atomic mass is 19.4. The number of pyridine rings is 1. The maximum Gasteiger partial charge on any atom is 0.416 e. The first-order chi connectivity index (χ1) is 17.2. The standard InChI is InChI=1S/C26H19F3N2O5/c1-35-23-12-15(21-13-19(25(33)34)18-4-2-3-5-20(18)31-21)6-11-22(23)36-14-24(32)30-17-9-7-16(8-10-17)26(27,28)29/h2-13H,14H2,1H3,(H,30,32)(H,33,34). The molecule has 0 radical (unpaired) electrons. The average Bonchev–Trinajstić information content (AvgIpc) is 2.86. The summed E-state index contributed by atoms with van der Waals surface area (Å²) in [4.78, 5) is 28.5. The number of alkyl halides is 3. The summed E-state index contributed by atoms with van der Waals surface area (Å²) in [7, 11) is 1.41. The number of para-hydroxylation sites is 1. The molecule has 0 fully saturated rings. The molecule has 4 aromatic rings. The third-order valence-corrected chi connectivity index (χ3v) is 5.26. The Kier molecular flexibility index (Phi) is 6.77.